The lowest BCUT2D eigenvalue weighted by atomic mass is 10.0. The van der Waals surface area contributed by atoms with Gasteiger partial charge in [-0.1, -0.05) is 0 Å². The second-order valence-corrected chi connectivity index (χ2v) is 5.50. The molecule has 0 bridgehead atoms. The molecule has 1 heterocycles. The molecular formula is C13H17F2NOS. The predicted octanol–water partition coefficient (Wildman–Crippen LogP) is 2.68. The van der Waals surface area contributed by atoms with Crippen LogP contribution in [0.15, 0.2) is 23.1 Å². The van der Waals surface area contributed by atoms with Crippen LogP contribution in [0.3, 0.4) is 0 Å². The zero-order valence-corrected chi connectivity index (χ0v) is 11.1. The first-order chi connectivity index (χ1) is 8.70. The van der Waals surface area contributed by atoms with Crippen molar-refractivity contribution in [1.82, 2.24) is 5.32 Å². The molecule has 0 aromatic heterocycles. The van der Waals surface area contributed by atoms with E-state index in [1.165, 1.54) is 23.9 Å². The van der Waals surface area contributed by atoms with Crippen molar-refractivity contribution < 1.29 is 13.5 Å². The van der Waals surface area contributed by atoms with E-state index in [4.69, 9.17) is 4.74 Å². The van der Waals surface area contributed by atoms with E-state index in [0.29, 0.717) is 12.0 Å². The SMILES string of the molecule is CNC(CSc1ccc(F)c(F)c1)C1CCOC1. The molecule has 18 heavy (non-hydrogen) atoms. The lowest BCUT2D eigenvalue weighted by Gasteiger charge is -2.21. The molecular weight excluding hydrogens is 256 g/mol. The predicted molar refractivity (Wildman–Crippen MR) is 68.9 cm³/mol. The number of rotatable bonds is 5. The molecule has 2 rings (SSSR count). The fourth-order valence-corrected chi connectivity index (χ4v) is 3.24. The highest BCUT2D eigenvalue weighted by molar-refractivity contribution is 7.99. The summed E-state index contributed by atoms with van der Waals surface area (Å²) >= 11 is 1.54. The Hall–Kier alpha value is -0.650. The Labute approximate surface area is 110 Å². The van der Waals surface area contributed by atoms with Crippen LogP contribution in [0.1, 0.15) is 6.42 Å². The van der Waals surface area contributed by atoms with Gasteiger partial charge in [0.05, 0.1) is 6.61 Å². The third-order valence-electron chi connectivity index (χ3n) is 3.23. The Bertz CT molecular complexity index is 397. The van der Waals surface area contributed by atoms with E-state index < -0.39 is 11.6 Å². The third kappa shape index (κ3) is 3.43. The monoisotopic (exact) mass is 273 g/mol. The Morgan fingerprint density at radius 2 is 2.28 bits per heavy atom. The number of thioether (sulfide) groups is 1. The quantitative estimate of drug-likeness (QED) is 0.833. The lowest BCUT2D eigenvalue weighted by molar-refractivity contribution is 0.180. The Morgan fingerprint density at radius 3 is 2.89 bits per heavy atom. The van der Waals surface area contributed by atoms with Gasteiger partial charge in [-0.25, -0.2) is 8.78 Å². The van der Waals surface area contributed by atoms with E-state index in [9.17, 15) is 8.78 Å². The summed E-state index contributed by atoms with van der Waals surface area (Å²) in [4.78, 5) is 0.757. The highest BCUT2D eigenvalue weighted by Crippen LogP contribution is 2.25. The average Bonchev–Trinajstić information content (AvgIpc) is 2.88. The van der Waals surface area contributed by atoms with Gasteiger partial charge >= 0.3 is 0 Å². The molecule has 5 heteroatoms. The number of halogens is 2. The van der Waals surface area contributed by atoms with Gasteiger partial charge in [0.2, 0.25) is 0 Å². The molecule has 1 aliphatic heterocycles. The molecule has 2 unspecified atom stereocenters. The summed E-state index contributed by atoms with van der Waals surface area (Å²) in [6, 6.07) is 4.37. The largest absolute Gasteiger partial charge is 0.381 e. The number of hydrogen-bond acceptors (Lipinski definition) is 3. The van der Waals surface area contributed by atoms with E-state index in [1.54, 1.807) is 6.07 Å². The smallest absolute Gasteiger partial charge is 0.159 e. The summed E-state index contributed by atoms with van der Waals surface area (Å²) in [6.07, 6.45) is 1.06. The van der Waals surface area contributed by atoms with Crippen molar-refractivity contribution in [3.8, 4) is 0 Å². The maximum absolute atomic E-state index is 13.1. The lowest BCUT2D eigenvalue weighted by Crippen LogP contribution is -2.36. The van der Waals surface area contributed by atoms with Gasteiger partial charge in [-0.2, -0.15) is 0 Å². The third-order valence-corrected chi connectivity index (χ3v) is 4.34. The molecule has 100 valence electrons. The molecule has 0 radical (unpaired) electrons. The van der Waals surface area contributed by atoms with Crippen LogP contribution >= 0.6 is 11.8 Å². The maximum atomic E-state index is 13.1. The summed E-state index contributed by atoms with van der Waals surface area (Å²) < 4.78 is 31.2. The van der Waals surface area contributed by atoms with Crippen LogP contribution in [0.5, 0.6) is 0 Å². The Kier molecular flexibility index (Phi) is 4.97. The van der Waals surface area contributed by atoms with Gasteiger partial charge in [-0.15, -0.1) is 11.8 Å². The van der Waals surface area contributed by atoms with Crippen molar-refractivity contribution in [1.29, 1.82) is 0 Å². The van der Waals surface area contributed by atoms with Crippen LogP contribution in [0.4, 0.5) is 8.78 Å². The molecule has 0 spiro atoms. The van der Waals surface area contributed by atoms with Crippen LogP contribution in [-0.4, -0.2) is 32.1 Å². The van der Waals surface area contributed by atoms with Gasteiger partial charge in [-0.3, -0.25) is 0 Å². The van der Waals surface area contributed by atoms with E-state index in [-0.39, 0.29) is 0 Å². The average molecular weight is 273 g/mol. The highest BCUT2D eigenvalue weighted by atomic mass is 32.2. The van der Waals surface area contributed by atoms with Gasteiger partial charge in [0.1, 0.15) is 0 Å². The van der Waals surface area contributed by atoms with Crippen molar-refractivity contribution in [3.63, 3.8) is 0 Å². The van der Waals surface area contributed by atoms with E-state index >= 15 is 0 Å². The fraction of sp³-hybridized carbons (Fsp3) is 0.538. The first kappa shape index (κ1) is 13.8. The van der Waals surface area contributed by atoms with Crippen LogP contribution < -0.4 is 5.32 Å². The van der Waals surface area contributed by atoms with Gasteiger partial charge < -0.3 is 10.1 Å². The molecule has 1 aliphatic rings. The molecule has 1 aromatic rings. The van der Waals surface area contributed by atoms with Crippen LogP contribution in [0, 0.1) is 17.6 Å². The van der Waals surface area contributed by atoms with Crippen molar-refractivity contribution in [2.45, 2.75) is 17.4 Å². The van der Waals surface area contributed by atoms with Gasteiger partial charge in [0.25, 0.3) is 0 Å². The first-order valence-corrected chi connectivity index (χ1v) is 7.02. The van der Waals surface area contributed by atoms with Crippen molar-refractivity contribution in [2.24, 2.45) is 5.92 Å². The van der Waals surface area contributed by atoms with Crippen molar-refractivity contribution in [2.75, 3.05) is 26.0 Å². The highest BCUT2D eigenvalue weighted by Gasteiger charge is 2.24. The summed E-state index contributed by atoms with van der Waals surface area (Å²) in [7, 11) is 1.93. The molecule has 0 saturated carbocycles. The van der Waals surface area contributed by atoms with Crippen molar-refractivity contribution >= 4 is 11.8 Å². The molecule has 1 aromatic carbocycles. The molecule has 0 aliphatic carbocycles. The normalized spacial score (nSPS) is 21.2. The van der Waals surface area contributed by atoms with E-state index in [0.717, 1.165) is 30.3 Å². The molecule has 2 atom stereocenters. The molecule has 2 nitrogen and oxygen atoms in total. The minimum atomic E-state index is -0.797. The number of benzene rings is 1. The van der Waals surface area contributed by atoms with Crippen LogP contribution in [0.25, 0.3) is 0 Å². The van der Waals surface area contributed by atoms with Gasteiger partial charge in [0, 0.05) is 29.2 Å². The standard InChI is InChI=1S/C13H17F2NOS/c1-16-13(9-4-5-17-7-9)8-18-10-2-3-11(14)12(15)6-10/h2-3,6,9,13,16H,4-5,7-8H2,1H3. The number of hydrogen-bond donors (Lipinski definition) is 1. The first-order valence-electron chi connectivity index (χ1n) is 6.03. The topological polar surface area (TPSA) is 21.3 Å². The molecule has 0 amide bonds. The Balaban J connectivity index is 1.90. The van der Waals surface area contributed by atoms with Crippen LogP contribution in [0.2, 0.25) is 0 Å². The zero-order chi connectivity index (χ0) is 13.0. The van der Waals surface area contributed by atoms with E-state index in [1.807, 2.05) is 7.05 Å². The van der Waals surface area contributed by atoms with Gasteiger partial charge in [-0.05, 0) is 31.7 Å². The Morgan fingerprint density at radius 1 is 1.44 bits per heavy atom. The number of ether oxygens (including phenoxy) is 1. The molecule has 1 N–H and O–H groups in total. The summed E-state index contributed by atoms with van der Waals surface area (Å²) in [6.45, 7) is 1.60. The second kappa shape index (κ2) is 6.50. The minimum absolute atomic E-state index is 0.339. The van der Waals surface area contributed by atoms with Crippen molar-refractivity contribution in [3.05, 3.63) is 29.8 Å². The number of nitrogens with one attached hydrogen (secondary N) is 1. The maximum Gasteiger partial charge on any atom is 0.159 e. The summed E-state index contributed by atoms with van der Waals surface area (Å²) in [5.41, 5.74) is 0. The minimum Gasteiger partial charge on any atom is -0.381 e. The molecule has 1 saturated heterocycles. The second-order valence-electron chi connectivity index (χ2n) is 4.41. The zero-order valence-electron chi connectivity index (χ0n) is 10.3. The van der Waals surface area contributed by atoms with E-state index in [2.05, 4.69) is 5.32 Å². The van der Waals surface area contributed by atoms with Gasteiger partial charge in [0.15, 0.2) is 11.6 Å². The van der Waals surface area contributed by atoms with Crippen LogP contribution in [-0.2, 0) is 4.74 Å². The summed E-state index contributed by atoms with van der Waals surface area (Å²) in [5.74, 6) is -0.248. The fourth-order valence-electron chi connectivity index (χ4n) is 2.08. The molecule has 1 fully saturated rings. The summed E-state index contributed by atoms with van der Waals surface area (Å²) in [5, 5.41) is 3.27.